The summed E-state index contributed by atoms with van der Waals surface area (Å²) in [6.45, 7) is 1.70. The predicted molar refractivity (Wildman–Crippen MR) is 103 cm³/mol. The molecular weight excluding hydrogens is 405 g/mol. The van der Waals surface area contributed by atoms with E-state index in [-0.39, 0.29) is 41.9 Å². The number of carbonyl (C=O) groups excluding carboxylic acids is 2. The molecule has 0 saturated heterocycles. The third kappa shape index (κ3) is 4.92. The molecule has 9 heteroatoms. The van der Waals surface area contributed by atoms with Gasteiger partial charge in [-0.3, -0.25) is 9.59 Å². The summed E-state index contributed by atoms with van der Waals surface area (Å²) in [6, 6.07) is 7.52. The first-order chi connectivity index (χ1) is 13.9. The van der Waals surface area contributed by atoms with Crippen molar-refractivity contribution in [1.82, 2.24) is 4.98 Å². The Hall–Kier alpha value is -2.94. The molecule has 1 aromatic heterocycles. The lowest BCUT2D eigenvalue weighted by Crippen LogP contribution is -2.31. The zero-order chi connectivity index (χ0) is 21.0. The van der Waals surface area contributed by atoms with Crippen LogP contribution in [0.25, 0.3) is 10.2 Å². The molecule has 3 aromatic rings. The minimum atomic E-state index is -0.761. The van der Waals surface area contributed by atoms with Gasteiger partial charge in [0.15, 0.2) is 0 Å². The monoisotopic (exact) mass is 422 g/mol. The van der Waals surface area contributed by atoms with Gasteiger partial charge in [-0.15, -0.1) is 11.3 Å². The first-order valence-corrected chi connectivity index (χ1v) is 9.65. The summed E-state index contributed by atoms with van der Waals surface area (Å²) in [5.74, 6) is -3.20. The molecule has 0 aliphatic heterocycles. The van der Waals surface area contributed by atoms with Crippen LogP contribution in [-0.2, 0) is 20.9 Å². The zero-order valence-corrected chi connectivity index (χ0v) is 16.3. The van der Waals surface area contributed by atoms with Crippen LogP contribution in [0.2, 0.25) is 0 Å². The maximum absolute atomic E-state index is 14.3. The van der Waals surface area contributed by atoms with Gasteiger partial charge in [0.2, 0.25) is 5.91 Å². The molecule has 2 aromatic carbocycles. The SMILES string of the molecule is CCOC(=O)CCC(=O)N(Cc1nc2cc(F)cc(F)c2s1)c1ccccc1F. The van der Waals surface area contributed by atoms with E-state index in [1.54, 1.807) is 13.0 Å². The summed E-state index contributed by atoms with van der Waals surface area (Å²) < 4.78 is 46.7. The Morgan fingerprint density at radius 3 is 2.59 bits per heavy atom. The highest BCUT2D eigenvalue weighted by molar-refractivity contribution is 7.18. The molecule has 1 heterocycles. The fourth-order valence-corrected chi connectivity index (χ4v) is 3.70. The second-order valence-corrected chi connectivity index (χ2v) is 7.16. The molecule has 0 unspecified atom stereocenters. The molecule has 1 amide bonds. The summed E-state index contributed by atoms with van der Waals surface area (Å²) in [7, 11) is 0. The van der Waals surface area contributed by atoms with E-state index in [1.165, 1.54) is 18.2 Å². The number of nitrogens with zero attached hydrogens (tertiary/aromatic N) is 2. The molecule has 0 aliphatic rings. The van der Waals surface area contributed by atoms with Crippen LogP contribution in [0, 0.1) is 17.5 Å². The maximum Gasteiger partial charge on any atom is 0.306 e. The largest absolute Gasteiger partial charge is 0.466 e. The van der Waals surface area contributed by atoms with Gasteiger partial charge in [0.05, 0.1) is 35.5 Å². The van der Waals surface area contributed by atoms with Crippen LogP contribution in [0.15, 0.2) is 36.4 Å². The van der Waals surface area contributed by atoms with Crippen LogP contribution in [0.4, 0.5) is 18.9 Å². The molecule has 0 spiro atoms. The second kappa shape index (κ2) is 9.04. The van der Waals surface area contributed by atoms with Crippen LogP contribution in [0.1, 0.15) is 24.8 Å². The zero-order valence-electron chi connectivity index (χ0n) is 15.5. The number of carbonyl (C=O) groups is 2. The number of esters is 1. The Bertz CT molecular complexity index is 1050. The highest BCUT2D eigenvalue weighted by Gasteiger charge is 2.22. The van der Waals surface area contributed by atoms with Crippen LogP contribution >= 0.6 is 11.3 Å². The molecule has 0 N–H and O–H groups in total. The topological polar surface area (TPSA) is 59.5 Å². The Labute approximate surface area is 168 Å². The number of hydrogen-bond acceptors (Lipinski definition) is 5. The van der Waals surface area contributed by atoms with Gasteiger partial charge < -0.3 is 9.64 Å². The van der Waals surface area contributed by atoms with E-state index >= 15 is 0 Å². The second-order valence-electron chi connectivity index (χ2n) is 6.08. The molecule has 0 atom stereocenters. The van der Waals surface area contributed by atoms with E-state index in [0.29, 0.717) is 5.01 Å². The van der Waals surface area contributed by atoms with Gasteiger partial charge >= 0.3 is 5.97 Å². The number of amides is 1. The maximum atomic E-state index is 14.3. The van der Waals surface area contributed by atoms with Crippen molar-refractivity contribution in [3.8, 4) is 0 Å². The van der Waals surface area contributed by atoms with Crippen LogP contribution in [0.5, 0.6) is 0 Å². The van der Waals surface area contributed by atoms with Crippen molar-refractivity contribution in [3.63, 3.8) is 0 Å². The van der Waals surface area contributed by atoms with Crippen molar-refractivity contribution >= 4 is 39.1 Å². The van der Waals surface area contributed by atoms with E-state index in [9.17, 15) is 22.8 Å². The Kier molecular flexibility index (Phi) is 6.48. The third-order valence-electron chi connectivity index (χ3n) is 4.04. The molecule has 0 aliphatic carbocycles. The average molecular weight is 422 g/mol. The van der Waals surface area contributed by atoms with Crippen LogP contribution in [-0.4, -0.2) is 23.5 Å². The fourth-order valence-electron chi connectivity index (χ4n) is 2.76. The van der Waals surface area contributed by atoms with Gasteiger partial charge in [0, 0.05) is 18.6 Å². The summed E-state index contributed by atoms with van der Waals surface area (Å²) in [5.41, 5.74) is 0.127. The van der Waals surface area contributed by atoms with Crippen molar-refractivity contribution in [3.05, 3.63) is 58.9 Å². The summed E-state index contributed by atoms with van der Waals surface area (Å²) in [5, 5.41) is 0.303. The highest BCUT2D eigenvalue weighted by Crippen LogP contribution is 2.29. The molecule has 0 bridgehead atoms. The number of ether oxygens (including phenoxy) is 1. The van der Waals surface area contributed by atoms with Gasteiger partial charge in [0.25, 0.3) is 0 Å². The number of aromatic nitrogens is 1. The van der Waals surface area contributed by atoms with E-state index in [4.69, 9.17) is 4.74 Å². The summed E-state index contributed by atoms with van der Waals surface area (Å²) in [4.78, 5) is 29.6. The Morgan fingerprint density at radius 1 is 1.10 bits per heavy atom. The van der Waals surface area contributed by atoms with Crippen molar-refractivity contribution in [2.24, 2.45) is 0 Å². The Balaban J connectivity index is 1.89. The van der Waals surface area contributed by atoms with E-state index in [0.717, 1.165) is 28.4 Å². The molecule has 3 rings (SSSR count). The Morgan fingerprint density at radius 2 is 1.86 bits per heavy atom. The summed E-state index contributed by atoms with van der Waals surface area (Å²) >= 11 is 0.951. The molecular formula is C20H17F3N2O3S. The number of benzene rings is 2. The molecule has 29 heavy (non-hydrogen) atoms. The van der Waals surface area contributed by atoms with Crippen molar-refractivity contribution in [1.29, 1.82) is 0 Å². The van der Waals surface area contributed by atoms with Crippen molar-refractivity contribution < 1.29 is 27.5 Å². The molecule has 152 valence electrons. The van der Waals surface area contributed by atoms with Gasteiger partial charge in [-0.05, 0) is 19.1 Å². The van der Waals surface area contributed by atoms with Gasteiger partial charge in [-0.25, -0.2) is 18.2 Å². The lowest BCUT2D eigenvalue weighted by atomic mass is 10.2. The van der Waals surface area contributed by atoms with Crippen LogP contribution < -0.4 is 4.90 Å². The standard InChI is InChI=1S/C20H17F3N2O3S/c1-2-28-19(27)8-7-18(26)25(16-6-4-3-5-13(16)22)11-17-24-15-10-12(21)9-14(23)20(15)29-17/h3-6,9-10H,2,7-8,11H2,1H3. The van der Waals surface area contributed by atoms with Crippen LogP contribution in [0.3, 0.4) is 0 Å². The predicted octanol–water partition coefficient (Wildman–Crippen LogP) is 4.59. The van der Waals surface area contributed by atoms with Gasteiger partial charge in [0.1, 0.15) is 22.5 Å². The number of fused-ring (bicyclic) bond motifs is 1. The number of hydrogen-bond donors (Lipinski definition) is 0. The number of thiazole rings is 1. The molecule has 5 nitrogen and oxygen atoms in total. The minimum absolute atomic E-state index is 0.00673. The first kappa shape index (κ1) is 20.8. The number of halogens is 3. The number of para-hydroxylation sites is 1. The lowest BCUT2D eigenvalue weighted by molar-refractivity contribution is -0.144. The third-order valence-corrected chi connectivity index (χ3v) is 5.10. The lowest BCUT2D eigenvalue weighted by Gasteiger charge is -2.22. The molecule has 0 saturated carbocycles. The van der Waals surface area contributed by atoms with Gasteiger partial charge in [-0.1, -0.05) is 12.1 Å². The van der Waals surface area contributed by atoms with E-state index in [2.05, 4.69) is 4.98 Å². The molecule has 0 fully saturated rings. The van der Waals surface area contributed by atoms with E-state index < -0.39 is 29.3 Å². The van der Waals surface area contributed by atoms with Crippen molar-refractivity contribution in [2.45, 2.75) is 26.3 Å². The first-order valence-electron chi connectivity index (χ1n) is 8.84. The van der Waals surface area contributed by atoms with Crippen molar-refractivity contribution in [2.75, 3.05) is 11.5 Å². The molecule has 0 radical (unpaired) electrons. The quantitative estimate of drug-likeness (QED) is 0.523. The minimum Gasteiger partial charge on any atom is -0.466 e. The average Bonchev–Trinajstić information content (AvgIpc) is 3.08. The smallest absolute Gasteiger partial charge is 0.306 e. The summed E-state index contributed by atoms with van der Waals surface area (Å²) in [6.07, 6.45) is -0.349. The number of anilines is 1. The van der Waals surface area contributed by atoms with E-state index in [1.807, 2.05) is 0 Å². The fraction of sp³-hybridized carbons (Fsp3) is 0.250. The normalized spacial score (nSPS) is 10.9. The number of rotatable bonds is 7. The van der Waals surface area contributed by atoms with Gasteiger partial charge in [-0.2, -0.15) is 0 Å². The highest BCUT2D eigenvalue weighted by atomic mass is 32.1.